The van der Waals surface area contributed by atoms with Crippen molar-refractivity contribution >= 4 is 10.8 Å². The first-order valence-electron chi connectivity index (χ1n) is 6.89. The van der Waals surface area contributed by atoms with Gasteiger partial charge in [-0.05, 0) is 24.6 Å². The van der Waals surface area contributed by atoms with Crippen LogP contribution in [0.5, 0.6) is 0 Å². The van der Waals surface area contributed by atoms with E-state index in [1.807, 2.05) is 41.2 Å². The Bertz CT molecular complexity index is 590. The zero-order chi connectivity index (χ0) is 13.9. The average Bonchev–Trinajstić information content (AvgIpc) is 2.84. The predicted molar refractivity (Wildman–Crippen MR) is 80.2 cm³/mol. The number of nitrogens with zero attached hydrogens (tertiary/aromatic N) is 3. The highest BCUT2D eigenvalue weighted by atomic mass is 32.2. The summed E-state index contributed by atoms with van der Waals surface area (Å²) in [5.74, 6) is 0.703. The van der Waals surface area contributed by atoms with Crippen LogP contribution in [-0.4, -0.2) is 44.3 Å². The number of likely N-dealkylation sites (tertiary alicyclic amines) is 1. The second-order valence-corrected chi connectivity index (χ2v) is 6.84. The van der Waals surface area contributed by atoms with Gasteiger partial charge in [0.25, 0.3) is 0 Å². The molecule has 3 rings (SSSR count). The SMILES string of the molecule is Cc1cnn(C2CN(CCS(=O)c3ccccc3)C2)c1. The Balaban J connectivity index is 1.44. The Morgan fingerprint density at radius 3 is 2.70 bits per heavy atom. The van der Waals surface area contributed by atoms with E-state index < -0.39 is 10.8 Å². The van der Waals surface area contributed by atoms with Gasteiger partial charge in [0.05, 0.1) is 23.0 Å². The number of aryl methyl sites for hydroxylation is 1. The summed E-state index contributed by atoms with van der Waals surface area (Å²) in [4.78, 5) is 3.26. The number of hydrogen-bond donors (Lipinski definition) is 0. The maximum Gasteiger partial charge on any atom is 0.0772 e. The zero-order valence-corrected chi connectivity index (χ0v) is 12.4. The third kappa shape index (κ3) is 2.99. The number of hydrogen-bond acceptors (Lipinski definition) is 3. The van der Waals surface area contributed by atoms with E-state index in [2.05, 4.69) is 23.1 Å². The van der Waals surface area contributed by atoms with E-state index in [1.165, 1.54) is 5.56 Å². The topological polar surface area (TPSA) is 38.1 Å². The largest absolute Gasteiger partial charge is 0.298 e. The molecule has 0 spiro atoms. The maximum absolute atomic E-state index is 12.1. The summed E-state index contributed by atoms with van der Waals surface area (Å²) in [6.45, 7) is 4.96. The molecule has 20 heavy (non-hydrogen) atoms. The Hall–Kier alpha value is -1.46. The molecule has 1 unspecified atom stereocenters. The van der Waals surface area contributed by atoms with Crippen molar-refractivity contribution in [3.05, 3.63) is 48.3 Å². The second kappa shape index (κ2) is 5.89. The van der Waals surface area contributed by atoms with Gasteiger partial charge < -0.3 is 0 Å². The molecule has 1 saturated heterocycles. The van der Waals surface area contributed by atoms with Crippen LogP contribution in [0.1, 0.15) is 11.6 Å². The molecule has 5 heteroatoms. The summed E-state index contributed by atoms with van der Waals surface area (Å²) in [6.07, 6.45) is 3.98. The molecule has 1 fully saturated rings. The lowest BCUT2D eigenvalue weighted by Crippen LogP contribution is -2.49. The smallest absolute Gasteiger partial charge is 0.0772 e. The summed E-state index contributed by atoms with van der Waals surface area (Å²) in [5, 5.41) is 4.35. The van der Waals surface area contributed by atoms with Crippen LogP contribution in [-0.2, 0) is 10.8 Å². The van der Waals surface area contributed by atoms with Gasteiger partial charge in [-0.25, -0.2) is 0 Å². The molecule has 0 aliphatic carbocycles. The fraction of sp³-hybridized carbons (Fsp3) is 0.400. The van der Waals surface area contributed by atoms with Crippen LogP contribution >= 0.6 is 0 Å². The van der Waals surface area contributed by atoms with Gasteiger partial charge in [-0.2, -0.15) is 5.10 Å². The van der Waals surface area contributed by atoms with Crippen molar-refractivity contribution in [3.8, 4) is 0 Å². The maximum atomic E-state index is 12.1. The lowest BCUT2D eigenvalue weighted by Gasteiger charge is -2.39. The molecule has 0 bridgehead atoms. The molecule has 0 saturated carbocycles. The first kappa shape index (κ1) is 13.5. The molecule has 1 aromatic carbocycles. The Morgan fingerprint density at radius 1 is 1.30 bits per heavy atom. The first-order chi connectivity index (χ1) is 9.72. The third-order valence-electron chi connectivity index (χ3n) is 3.64. The highest BCUT2D eigenvalue weighted by Crippen LogP contribution is 2.20. The van der Waals surface area contributed by atoms with Gasteiger partial charge in [-0.3, -0.25) is 13.8 Å². The van der Waals surface area contributed by atoms with E-state index in [4.69, 9.17) is 0 Å². The summed E-state index contributed by atoms with van der Waals surface area (Å²) < 4.78 is 14.2. The van der Waals surface area contributed by atoms with Crippen molar-refractivity contribution < 1.29 is 4.21 Å². The molecule has 1 aliphatic heterocycles. The van der Waals surface area contributed by atoms with Crippen LogP contribution in [0, 0.1) is 6.92 Å². The van der Waals surface area contributed by atoms with Gasteiger partial charge in [0.15, 0.2) is 0 Å². The monoisotopic (exact) mass is 289 g/mol. The fourth-order valence-electron chi connectivity index (χ4n) is 2.43. The minimum absolute atomic E-state index is 0.480. The molecule has 1 aromatic heterocycles. The Morgan fingerprint density at radius 2 is 2.05 bits per heavy atom. The molecule has 2 aromatic rings. The van der Waals surface area contributed by atoms with Crippen molar-refractivity contribution in [2.45, 2.75) is 17.9 Å². The van der Waals surface area contributed by atoms with Gasteiger partial charge >= 0.3 is 0 Å². The molecule has 4 nitrogen and oxygen atoms in total. The molecular formula is C15H19N3OS. The van der Waals surface area contributed by atoms with E-state index in [0.29, 0.717) is 11.8 Å². The van der Waals surface area contributed by atoms with E-state index in [1.54, 1.807) is 0 Å². The summed E-state index contributed by atoms with van der Waals surface area (Å²) in [5.41, 5.74) is 1.20. The van der Waals surface area contributed by atoms with E-state index in [0.717, 1.165) is 24.5 Å². The molecule has 1 atom stereocenters. The number of aromatic nitrogens is 2. The van der Waals surface area contributed by atoms with Crippen molar-refractivity contribution in [3.63, 3.8) is 0 Å². The van der Waals surface area contributed by atoms with E-state index in [-0.39, 0.29) is 0 Å². The van der Waals surface area contributed by atoms with Gasteiger partial charge in [0.2, 0.25) is 0 Å². The standard InChI is InChI=1S/C15H19N3OS/c1-13-9-16-18(10-13)14-11-17(12-14)7-8-20(19)15-5-3-2-4-6-15/h2-6,9-10,14H,7-8,11-12H2,1H3. The highest BCUT2D eigenvalue weighted by Gasteiger charge is 2.28. The average molecular weight is 289 g/mol. The van der Waals surface area contributed by atoms with Crippen LogP contribution in [0.25, 0.3) is 0 Å². The minimum atomic E-state index is -0.887. The minimum Gasteiger partial charge on any atom is -0.298 e. The van der Waals surface area contributed by atoms with E-state index >= 15 is 0 Å². The Kier molecular flexibility index (Phi) is 3.98. The lowest BCUT2D eigenvalue weighted by molar-refractivity contribution is 0.106. The molecule has 106 valence electrons. The number of rotatable bonds is 5. The van der Waals surface area contributed by atoms with Crippen LogP contribution in [0.4, 0.5) is 0 Å². The molecule has 1 aliphatic rings. The summed E-state index contributed by atoms with van der Waals surface area (Å²) in [6, 6.07) is 10.2. The van der Waals surface area contributed by atoms with Crippen LogP contribution in [0.3, 0.4) is 0 Å². The first-order valence-corrected chi connectivity index (χ1v) is 8.21. The van der Waals surface area contributed by atoms with Crippen LogP contribution < -0.4 is 0 Å². The van der Waals surface area contributed by atoms with Gasteiger partial charge in [-0.15, -0.1) is 0 Å². The summed E-state index contributed by atoms with van der Waals surface area (Å²) >= 11 is 0. The Labute approximate surface area is 121 Å². The molecule has 2 heterocycles. The highest BCUT2D eigenvalue weighted by molar-refractivity contribution is 7.85. The third-order valence-corrected chi connectivity index (χ3v) is 4.99. The molecular weight excluding hydrogens is 270 g/mol. The van der Waals surface area contributed by atoms with Crippen molar-refractivity contribution in [1.82, 2.24) is 14.7 Å². The fourth-order valence-corrected chi connectivity index (χ4v) is 3.55. The van der Waals surface area contributed by atoms with Crippen LogP contribution in [0.2, 0.25) is 0 Å². The molecule has 0 radical (unpaired) electrons. The van der Waals surface area contributed by atoms with Gasteiger partial charge in [0, 0.05) is 36.5 Å². The lowest BCUT2D eigenvalue weighted by atomic mass is 10.1. The van der Waals surface area contributed by atoms with Crippen molar-refractivity contribution in [1.29, 1.82) is 0 Å². The van der Waals surface area contributed by atoms with Crippen molar-refractivity contribution in [2.75, 3.05) is 25.4 Å². The molecule has 0 amide bonds. The summed E-state index contributed by atoms with van der Waals surface area (Å²) in [7, 11) is -0.887. The van der Waals surface area contributed by atoms with Crippen molar-refractivity contribution in [2.24, 2.45) is 0 Å². The van der Waals surface area contributed by atoms with Gasteiger partial charge in [-0.1, -0.05) is 18.2 Å². The predicted octanol–water partition coefficient (Wildman–Crippen LogP) is 1.86. The second-order valence-electron chi connectivity index (χ2n) is 5.27. The van der Waals surface area contributed by atoms with Gasteiger partial charge in [0.1, 0.15) is 0 Å². The van der Waals surface area contributed by atoms with E-state index in [9.17, 15) is 4.21 Å². The van der Waals surface area contributed by atoms with Crippen LogP contribution in [0.15, 0.2) is 47.6 Å². The quantitative estimate of drug-likeness (QED) is 0.843. The number of benzene rings is 1. The molecule has 0 N–H and O–H groups in total. The zero-order valence-electron chi connectivity index (χ0n) is 11.6. The normalized spacial score (nSPS) is 17.9.